The van der Waals surface area contributed by atoms with Gasteiger partial charge >= 0.3 is 0 Å². The maximum Gasteiger partial charge on any atom is 0.234 e. The van der Waals surface area contributed by atoms with Gasteiger partial charge in [0.15, 0.2) is 5.16 Å². The van der Waals surface area contributed by atoms with Crippen molar-refractivity contribution in [1.29, 1.82) is 0 Å². The largest absolute Gasteiger partial charge is 0.326 e. The average Bonchev–Trinajstić information content (AvgIpc) is 3.49. The molecule has 28 heavy (non-hydrogen) atoms. The van der Waals surface area contributed by atoms with Crippen LogP contribution < -0.4 is 10.6 Å². The molecule has 0 aliphatic heterocycles. The summed E-state index contributed by atoms with van der Waals surface area (Å²) in [4.78, 5) is 28.7. The van der Waals surface area contributed by atoms with Crippen molar-refractivity contribution in [2.24, 2.45) is 5.92 Å². The number of carbonyl (C=O) groups excluding carboxylic acids is 2. The van der Waals surface area contributed by atoms with Gasteiger partial charge in [-0.2, -0.15) is 0 Å². The first-order valence-electron chi connectivity index (χ1n) is 9.43. The van der Waals surface area contributed by atoms with Gasteiger partial charge in [0, 0.05) is 23.8 Å². The third kappa shape index (κ3) is 4.20. The number of hydrogen-bond acceptors (Lipinski definition) is 4. The van der Waals surface area contributed by atoms with E-state index in [0.717, 1.165) is 41.3 Å². The predicted octanol–water partition coefficient (Wildman–Crippen LogP) is 4.14. The van der Waals surface area contributed by atoms with Crippen LogP contribution >= 0.6 is 11.8 Å². The third-order valence-electron chi connectivity index (χ3n) is 4.65. The summed E-state index contributed by atoms with van der Waals surface area (Å²) in [6.45, 7) is 2.88. The normalized spacial score (nSPS) is 13.5. The molecule has 1 aliphatic rings. The molecule has 1 aliphatic carbocycles. The molecule has 0 saturated heterocycles. The maximum absolute atomic E-state index is 12.3. The summed E-state index contributed by atoms with van der Waals surface area (Å²) in [5, 5.41) is 6.62. The summed E-state index contributed by atoms with van der Waals surface area (Å²) in [6, 6.07) is 15.2. The quantitative estimate of drug-likeness (QED) is 0.591. The van der Waals surface area contributed by atoms with Gasteiger partial charge in [0.2, 0.25) is 11.8 Å². The second-order valence-corrected chi connectivity index (χ2v) is 7.75. The number of anilines is 2. The van der Waals surface area contributed by atoms with Crippen LogP contribution in [-0.4, -0.2) is 27.1 Å². The molecule has 0 atom stereocenters. The fourth-order valence-corrected chi connectivity index (χ4v) is 3.90. The van der Waals surface area contributed by atoms with Gasteiger partial charge in [-0.3, -0.25) is 9.59 Å². The summed E-state index contributed by atoms with van der Waals surface area (Å²) >= 11 is 1.43. The molecular weight excluding hydrogens is 372 g/mol. The zero-order valence-electron chi connectivity index (χ0n) is 15.6. The van der Waals surface area contributed by atoms with Gasteiger partial charge in [-0.05, 0) is 56.2 Å². The lowest BCUT2D eigenvalue weighted by Crippen LogP contribution is -2.15. The molecule has 1 saturated carbocycles. The van der Waals surface area contributed by atoms with Crippen molar-refractivity contribution in [1.82, 2.24) is 9.55 Å². The van der Waals surface area contributed by atoms with Crippen molar-refractivity contribution in [3.05, 3.63) is 48.5 Å². The number of amides is 2. The van der Waals surface area contributed by atoms with Crippen LogP contribution in [-0.2, 0) is 16.1 Å². The molecular formula is C21H22N4O2S. The lowest BCUT2D eigenvalue weighted by molar-refractivity contribution is -0.117. The van der Waals surface area contributed by atoms with Crippen LogP contribution in [0, 0.1) is 5.92 Å². The van der Waals surface area contributed by atoms with Crippen molar-refractivity contribution >= 4 is 46.0 Å². The molecule has 1 fully saturated rings. The van der Waals surface area contributed by atoms with E-state index in [4.69, 9.17) is 0 Å². The van der Waals surface area contributed by atoms with Gasteiger partial charge in [-0.1, -0.05) is 23.9 Å². The lowest BCUT2D eigenvalue weighted by Gasteiger charge is -2.08. The molecule has 0 radical (unpaired) electrons. The number of hydrogen-bond donors (Lipinski definition) is 2. The Labute approximate surface area is 167 Å². The third-order valence-corrected chi connectivity index (χ3v) is 5.63. The number of carbonyl (C=O) groups is 2. The van der Waals surface area contributed by atoms with E-state index in [2.05, 4.69) is 27.1 Å². The number of imidazole rings is 1. The fraction of sp³-hybridized carbons (Fsp3) is 0.286. The van der Waals surface area contributed by atoms with Gasteiger partial charge in [0.05, 0.1) is 16.8 Å². The number of thioether (sulfide) groups is 1. The number of fused-ring (bicyclic) bond motifs is 1. The summed E-state index contributed by atoms with van der Waals surface area (Å²) in [5.41, 5.74) is 3.48. The number of nitrogens with one attached hydrogen (secondary N) is 2. The topological polar surface area (TPSA) is 76.0 Å². The minimum atomic E-state index is -0.0884. The van der Waals surface area contributed by atoms with Crippen LogP contribution in [0.5, 0.6) is 0 Å². The summed E-state index contributed by atoms with van der Waals surface area (Å²) in [6.07, 6.45) is 1.95. The van der Waals surface area contributed by atoms with E-state index in [0.29, 0.717) is 5.69 Å². The zero-order chi connectivity index (χ0) is 19.5. The monoisotopic (exact) mass is 394 g/mol. The Balaban J connectivity index is 1.34. The second-order valence-electron chi connectivity index (χ2n) is 6.81. The molecule has 3 aromatic rings. The predicted molar refractivity (Wildman–Crippen MR) is 113 cm³/mol. The van der Waals surface area contributed by atoms with Crippen molar-refractivity contribution in [3.8, 4) is 0 Å². The Morgan fingerprint density at radius 3 is 2.43 bits per heavy atom. The highest BCUT2D eigenvalue weighted by Gasteiger charge is 2.29. The molecule has 2 aromatic carbocycles. The number of benzene rings is 2. The van der Waals surface area contributed by atoms with E-state index in [1.807, 2.05) is 24.3 Å². The van der Waals surface area contributed by atoms with Gasteiger partial charge < -0.3 is 15.2 Å². The summed E-state index contributed by atoms with van der Waals surface area (Å²) in [5.74, 6) is 0.439. The minimum Gasteiger partial charge on any atom is -0.326 e. The van der Waals surface area contributed by atoms with Gasteiger partial charge in [0.1, 0.15) is 0 Å². The van der Waals surface area contributed by atoms with E-state index in [1.165, 1.54) is 11.8 Å². The number of para-hydroxylation sites is 2. The Morgan fingerprint density at radius 2 is 1.75 bits per heavy atom. The minimum absolute atomic E-state index is 0.0759. The van der Waals surface area contributed by atoms with Gasteiger partial charge in [-0.25, -0.2) is 4.98 Å². The molecule has 2 amide bonds. The molecule has 144 valence electrons. The molecule has 6 nitrogen and oxygen atoms in total. The first kappa shape index (κ1) is 18.6. The highest BCUT2D eigenvalue weighted by Crippen LogP contribution is 2.30. The molecule has 1 heterocycles. The number of nitrogens with zero attached hydrogens (tertiary/aromatic N) is 2. The fourth-order valence-electron chi connectivity index (χ4n) is 3.02. The van der Waals surface area contributed by atoms with Crippen LogP contribution in [0.4, 0.5) is 11.4 Å². The van der Waals surface area contributed by atoms with Crippen molar-refractivity contribution in [2.45, 2.75) is 31.5 Å². The molecule has 0 unspecified atom stereocenters. The van der Waals surface area contributed by atoms with Crippen LogP contribution in [0.25, 0.3) is 11.0 Å². The second kappa shape index (κ2) is 8.06. The molecule has 7 heteroatoms. The van der Waals surface area contributed by atoms with Gasteiger partial charge in [0.25, 0.3) is 0 Å². The Hall–Kier alpha value is -2.80. The van der Waals surface area contributed by atoms with E-state index in [-0.39, 0.29) is 23.5 Å². The summed E-state index contributed by atoms with van der Waals surface area (Å²) < 4.78 is 2.12. The molecule has 4 rings (SSSR count). The van der Waals surface area contributed by atoms with Crippen LogP contribution in [0.3, 0.4) is 0 Å². The van der Waals surface area contributed by atoms with Crippen LogP contribution in [0.15, 0.2) is 53.7 Å². The molecule has 1 aromatic heterocycles. The van der Waals surface area contributed by atoms with Gasteiger partial charge in [-0.15, -0.1) is 0 Å². The highest BCUT2D eigenvalue weighted by molar-refractivity contribution is 7.99. The number of rotatable bonds is 7. The lowest BCUT2D eigenvalue weighted by atomic mass is 10.2. The zero-order valence-corrected chi connectivity index (χ0v) is 16.5. The smallest absolute Gasteiger partial charge is 0.234 e. The first-order chi connectivity index (χ1) is 13.6. The number of aromatic nitrogens is 2. The summed E-state index contributed by atoms with van der Waals surface area (Å²) in [7, 11) is 0. The van der Waals surface area contributed by atoms with Crippen LogP contribution in [0.1, 0.15) is 19.8 Å². The molecule has 0 spiro atoms. The van der Waals surface area contributed by atoms with E-state index >= 15 is 0 Å². The van der Waals surface area contributed by atoms with Crippen molar-refractivity contribution in [3.63, 3.8) is 0 Å². The molecule has 0 bridgehead atoms. The Kier molecular flexibility index (Phi) is 5.34. The van der Waals surface area contributed by atoms with Crippen molar-refractivity contribution in [2.75, 3.05) is 16.4 Å². The highest BCUT2D eigenvalue weighted by atomic mass is 32.2. The van der Waals surface area contributed by atoms with E-state index in [9.17, 15) is 9.59 Å². The van der Waals surface area contributed by atoms with Crippen molar-refractivity contribution < 1.29 is 9.59 Å². The van der Waals surface area contributed by atoms with E-state index < -0.39 is 0 Å². The maximum atomic E-state index is 12.3. The number of aryl methyl sites for hydroxylation is 1. The molecule has 2 N–H and O–H groups in total. The first-order valence-corrected chi connectivity index (χ1v) is 10.4. The standard InChI is InChI=1S/C21H22N4O2S/c1-2-25-18-6-4-3-5-17(18)24-21(25)28-13-19(26)22-15-9-11-16(12-10-15)23-20(27)14-7-8-14/h3-6,9-12,14H,2,7-8,13H2,1H3,(H,22,26)(H,23,27). The Bertz CT molecular complexity index is 1010. The Morgan fingerprint density at radius 1 is 1.07 bits per heavy atom. The van der Waals surface area contributed by atoms with E-state index in [1.54, 1.807) is 24.3 Å². The SMILES string of the molecule is CCn1c(SCC(=O)Nc2ccc(NC(=O)C3CC3)cc2)nc2ccccc21. The average molecular weight is 395 g/mol. The van der Waals surface area contributed by atoms with Crippen LogP contribution in [0.2, 0.25) is 0 Å².